The van der Waals surface area contributed by atoms with Gasteiger partial charge in [0.15, 0.2) is 0 Å². The highest BCUT2D eigenvalue weighted by Crippen LogP contribution is 2.53. The van der Waals surface area contributed by atoms with E-state index in [1.54, 1.807) is 0 Å². The van der Waals surface area contributed by atoms with Crippen molar-refractivity contribution in [3.05, 3.63) is 10.0 Å². The second-order valence-corrected chi connectivity index (χ2v) is 6.91. The molecular weight excluding hydrogens is 242 g/mol. The van der Waals surface area contributed by atoms with Crippen molar-refractivity contribution < 1.29 is 0 Å². The molecule has 0 spiro atoms. The van der Waals surface area contributed by atoms with Gasteiger partial charge in [-0.3, -0.25) is 0 Å². The molecule has 2 aliphatic rings. The largest absolute Gasteiger partial charge is 0.316 e. The third-order valence-electron chi connectivity index (χ3n) is 4.48. The van der Waals surface area contributed by atoms with Crippen LogP contribution in [-0.4, -0.2) is 23.3 Å². The Balaban J connectivity index is 1.53. The normalized spacial score (nSPS) is 30.2. The van der Waals surface area contributed by atoms with Gasteiger partial charge in [-0.05, 0) is 44.1 Å². The van der Waals surface area contributed by atoms with Crippen molar-refractivity contribution >= 4 is 11.3 Å². The highest BCUT2D eigenvalue weighted by Gasteiger charge is 2.41. The van der Waals surface area contributed by atoms with Crippen LogP contribution in [0, 0.1) is 11.8 Å². The zero-order valence-electron chi connectivity index (χ0n) is 11.2. The minimum atomic E-state index is 0.749. The van der Waals surface area contributed by atoms with Crippen LogP contribution in [0.3, 0.4) is 0 Å². The number of hydrogen-bond acceptors (Lipinski definition) is 4. The van der Waals surface area contributed by atoms with Crippen molar-refractivity contribution in [2.75, 3.05) is 13.1 Å². The minimum absolute atomic E-state index is 0.749. The Labute approximate surface area is 113 Å². The van der Waals surface area contributed by atoms with Gasteiger partial charge in [-0.25, -0.2) is 0 Å². The van der Waals surface area contributed by atoms with E-state index < -0.39 is 0 Å². The molecule has 0 amide bonds. The van der Waals surface area contributed by atoms with Crippen LogP contribution in [0.2, 0.25) is 0 Å². The Hall–Kier alpha value is -0.480. The summed E-state index contributed by atoms with van der Waals surface area (Å²) in [6, 6.07) is 0. The van der Waals surface area contributed by atoms with Crippen molar-refractivity contribution in [1.29, 1.82) is 0 Å². The molecule has 2 fully saturated rings. The zero-order chi connectivity index (χ0) is 12.4. The van der Waals surface area contributed by atoms with E-state index in [2.05, 4.69) is 22.4 Å². The van der Waals surface area contributed by atoms with E-state index in [1.165, 1.54) is 42.1 Å². The fourth-order valence-electron chi connectivity index (χ4n) is 3.56. The Bertz CT molecular complexity index is 390. The first-order chi connectivity index (χ1) is 8.86. The molecule has 2 saturated carbocycles. The Morgan fingerprint density at radius 3 is 2.89 bits per heavy atom. The number of nitrogens with one attached hydrogen (secondary N) is 1. The van der Waals surface area contributed by atoms with Crippen LogP contribution in [0.5, 0.6) is 0 Å². The van der Waals surface area contributed by atoms with Crippen molar-refractivity contribution in [3.63, 3.8) is 0 Å². The quantitative estimate of drug-likeness (QED) is 0.804. The average molecular weight is 265 g/mol. The van der Waals surface area contributed by atoms with Gasteiger partial charge < -0.3 is 5.32 Å². The van der Waals surface area contributed by atoms with Crippen molar-refractivity contribution in [1.82, 2.24) is 15.5 Å². The highest BCUT2D eigenvalue weighted by molar-refractivity contribution is 7.11. The van der Waals surface area contributed by atoms with Gasteiger partial charge in [0.2, 0.25) is 0 Å². The molecule has 1 aromatic rings. The lowest BCUT2D eigenvalue weighted by molar-refractivity contribution is 0.417. The number of aromatic nitrogens is 2. The van der Waals surface area contributed by atoms with Crippen LogP contribution in [0.1, 0.15) is 55.0 Å². The fourth-order valence-corrected chi connectivity index (χ4v) is 4.61. The highest BCUT2D eigenvalue weighted by atomic mass is 32.1. The SMILES string of the molecule is CCCNCCc1nnc(C2CC3CCC2C3)s1. The molecule has 3 rings (SSSR count). The maximum Gasteiger partial charge on any atom is 0.120 e. The molecule has 2 bridgehead atoms. The Morgan fingerprint density at radius 1 is 1.22 bits per heavy atom. The smallest absolute Gasteiger partial charge is 0.120 e. The molecule has 2 aliphatic carbocycles. The summed E-state index contributed by atoms with van der Waals surface area (Å²) in [4.78, 5) is 0. The first-order valence-electron chi connectivity index (χ1n) is 7.39. The minimum Gasteiger partial charge on any atom is -0.316 e. The molecular formula is C14H23N3S. The van der Waals surface area contributed by atoms with Crippen LogP contribution in [0.15, 0.2) is 0 Å². The lowest BCUT2D eigenvalue weighted by Gasteiger charge is -2.18. The summed E-state index contributed by atoms with van der Waals surface area (Å²) in [7, 11) is 0. The van der Waals surface area contributed by atoms with Gasteiger partial charge in [0.05, 0.1) is 0 Å². The molecule has 1 N–H and O–H groups in total. The summed E-state index contributed by atoms with van der Waals surface area (Å²) in [6.45, 7) is 4.35. The maximum atomic E-state index is 4.46. The lowest BCUT2D eigenvalue weighted by atomic mass is 9.89. The molecule has 0 radical (unpaired) electrons. The van der Waals surface area contributed by atoms with Gasteiger partial charge in [0.25, 0.3) is 0 Å². The van der Waals surface area contributed by atoms with Crippen LogP contribution < -0.4 is 5.32 Å². The maximum absolute atomic E-state index is 4.46. The summed E-state index contributed by atoms with van der Waals surface area (Å²) in [6.07, 6.45) is 7.98. The first kappa shape index (κ1) is 12.5. The summed E-state index contributed by atoms with van der Waals surface area (Å²) in [5.41, 5.74) is 0. The zero-order valence-corrected chi connectivity index (χ0v) is 12.0. The fraction of sp³-hybridized carbons (Fsp3) is 0.857. The van der Waals surface area contributed by atoms with Gasteiger partial charge in [-0.1, -0.05) is 13.3 Å². The molecule has 3 atom stereocenters. The summed E-state index contributed by atoms with van der Waals surface area (Å²) >= 11 is 1.87. The molecule has 18 heavy (non-hydrogen) atoms. The molecule has 100 valence electrons. The molecule has 0 aromatic carbocycles. The molecule has 4 heteroatoms. The monoisotopic (exact) mass is 265 g/mol. The first-order valence-corrected chi connectivity index (χ1v) is 8.21. The van der Waals surface area contributed by atoms with E-state index in [9.17, 15) is 0 Å². The van der Waals surface area contributed by atoms with E-state index in [0.717, 1.165) is 37.3 Å². The van der Waals surface area contributed by atoms with Crippen LogP contribution in [0.4, 0.5) is 0 Å². The number of rotatable bonds is 6. The molecule has 3 unspecified atom stereocenters. The van der Waals surface area contributed by atoms with Crippen molar-refractivity contribution in [3.8, 4) is 0 Å². The van der Waals surface area contributed by atoms with E-state index >= 15 is 0 Å². The molecule has 0 saturated heterocycles. The Morgan fingerprint density at radius 2 is 2.17 bits per heavy atom. The van der Waals surface area contributed by atoms with Crippen LogP contribution in [0.25, 0.3) is 0 Å². The predicted molar refractivity (Wildman–Crippen MR) is 75.0 cm³/mol. The summed E-state index contributed by atoms with van der Waals surface area (Å²) in [5, 5.41) is 14.8. The number of hydrogen-bond donors (Lipinski definition) is 1. The number of fused-ring (bicyclic) bond motifs is 2. The van der Waals surface area contributed by atoms with Gasteiger partial charge in [-0.15, -0.1) is 21.5 Å². The molecule has 3 nitrogen and oxygen atoms in total. The third-order valence-corrected chi connectivity index (χ3v) is 5.60. The van der Waals surface area contributed by atoms with Gasteiger partial charge in [0.1, 0.15) is 10.0 Å². The second-order valence-electron chi connectivity index (χ2n) is 5.82. The lowest BCUT2D eigenvalue weighted by Crippen LogP contribution is -2.17. The third kappa shape index (κ3) is 2.59. The summed E-state index contributed by atoms with van der Waals surface area (Å²) in [5.74, 6) is 2.67. The van der Waals surface area contributed by atoms with E-state index in [-0.39, 0.29) is 0 Å². The summed E-state index contributed by atoms with van der Waals surface area (Å²) < 4.78 is 0. The van der Waals surface area contributed by atoms with E-state index in [1.807, 2.05) is 11.3 Å². The Kier molecular flexibility index (Phi) is 3.94. The van der Waals surface area contributed by atoms with Crippen molar-refractivity contribution in [2.24, 2.45) is 11.8 Å². The van der Waals surface area contributed by atoms with Gasteiger partial charge in [0, 0.05) is 18.9 Å². The van der Waals surface area contributed by atoms with E-state index in [0.29, 0.717) is 0 Å². The topological polar surface area (TPSA) is 37.8 Å². The second kappa shape index (κ2) is 5.66. The van der Waals surface area contributed by atoms with Crippen molar-refractivity contribution in [2.45, 2.75) is 51.4 Å². The van der Waals surface area contributed by atoms with Crippen LogP contribution >= 0.6 is 11.3 Å². The van der Waals surface area contributed by atoms with Gasteiger partial charge >= 0.3 is 0 Å². The van der Waals surface area contributed by atoms with Crippen LogP contribution in [-0.2, 0) is 6.42 Å². The molecule has 0 aliphatic heterocycles. The van der Waals surface area contributed by atoms with E-state index in [4.69, 9.17) is 0 Å². The number of nitrogens with zero attached hydrogens (tertiary/aromatic N) is 2. The average Bonchev–Trinajstić information content (AvgIpc) is 3.09. The predicted octanol–water partition coefficient (Wildman–Crippen LogP) is 2.98. The standard InChI is InChI=1S/C14H23N3S/c1-2-6-15-7-5-13-16-17-14(18-13)12-9-10-3-4-11(12)8-10/h10-12,15H,2-9H2,1H3. The molecule has 1 heterocycles. The van der Waals surface area contributed by atoms with Gasteiger partial charge in [-0.2, -0.15) is 0 Å². The molecule has 1 aromatic heterocycles.